The Labute approximate surface area is 108 Å². The van der Waals surface area contributed by atoms with Gasteiger partial charge in [-0.2, -0.15) is 0 Å². The second-order valence-electron chi connectivity index (χ2n) is 3.70. The number of ether oxygens (including phenoxy) is 1. The molecule has 0 atom stereocenters. The molecule has 0 amide bonds. The summed E-state index contributed by atoms with van der Waals surface area (Å²) in [5, 5.41) is 14.8. The van der Waals surface area contributed by atoms with Crippen LogP contribution in [0.3, 0.4) is 0 Å². The smallest absolute Gasteiger partial charge is 0.300 e. The number of nitro groups is 1. The van der Waals surface area contributed by atoms with Crippen LogP contribution < -0.4 is 10.1 Å². The summed E-state index contributed by atoms with van der Waals surface area (Å²) in [6.45, 7) is 2.84. The maximum Gasteiger partial charge on any atom is 0.300 e. The number of hydrogen-bond acceptors (Lipinski definition) is 6. The van der Waals surface area contributed by atoms with Crippen LogP contribution in [-0.2, 0) is 0 Å². The van der Waals surface area contributed by atoms with E-state index in [1.54, 1.807) is 6.07 Å². The normalized spacial score (nSPS) is 10.6. The number of nitro benzene ring substituents is 1. The Balaban J connectivity index is 2.52. The number of benzene rings is 1. The number of anilines is 1. The van der Waals surface area contributed by atoms with Crippen LogP contribution >= 0.6 is 11.3 Å². The summed E-state index contributed by atoms with van der Waals surface area (Å²) in [7, 11) is 1.49. The molecule has 2 rings (SSSR count). The molecule has 7 heteroatoms. The van der Waals surface area contributed by atoms with Gasteiger partial charge in [0, 0.05) is 12.6 Å². The average Bonchev–Trinajstić information content (AvgIpc) is 2.77. The van der Waals surface area contributed by atoms with Crippen LogP contribution in [0.1, 0.15) is 13.3 Å². The third kappa shape index (κ3) is 2.35. The first-order valence-electron chi connectivity index (χ1n) is 5.52. The lowest BCUT2D eigenvalue weighted by molar-refractivity contribution is -0.383. The lowest BCUT2D eigenvalue weighted by Gasteiger charge is -1.99. The van der Waals surface area contributed by atoms with Crippen molar-refractivity contribution in [2.45, 2.75) is 13.3 Å². The molecular formula is C11H13N3O3S. The molecule has 1 N–H and O–H groups in total. The fourth-order valence-electron chi connectivity index (χ4n) is 1.55. The van der Waals surface area contributed by atoms with E-state index in [2.05, 4.69) is 10.3 Å². The monoisotopic (exact) mass is 267 g/mol. The van der Waals surface area contributed by atoms with E-state index in [1.807, 2.05) is 6.92 Å². The molecule has 0 spiro atoms. The number of non-ortho nitro benzene ring substituents is 1. The van der Waals surface area contributed by atoms with Crippen molar-refractivity contribution in [3.8, 4) is 5.75 Å². The molecule has 18 heavy (non-hydrogen) atoms. The minimum atomic E-state index is -0.436. The first-order chi connectivity index (χ1) is 8.65. The van der Waals surface area contributed by atoms with Gasteiger partial charge in [0.1, 0.15) is 5.75 Å². The van der Waals surface area contributed by atoms with Crippen molar-refractivity contribution in [1.29, 1.82) is 0 Å². The Bertz CT molecular complexity index is 582. The van der Waals surface area contributed by atoms with E-state index in [4.69, 9.17) is 4.74 Å². The molecule has 0 aliphatic heterocycles. The van der Waals surface area contributed by atoms with Crippen molar-refractivity contribution < 1.29 is 9.66 Å². The first-order valence-corrected chi connectivity index (χ1v) is 6.34. The number of fused-ring (bicyclic) bond motifs is 1. The Hall–Kier alpha value is -1.89. The number of hydrogen-bond donors (Lipinski definition) is 1. The highest BCUT2D eigenvalue weighted by molar-refractivity contribution is 7.22. The zero-order chi connectivity index (χ0) is 13.1. The topological polar surface area (TPSA) is 77.3 Å². The lowest BCUT2D eigenvalue weighted by atomic mass is 10.3. The number of aromatic nitrogens is 1. The van der Waals surface area contributed by atoms with Gasteiger partial charge in [-0.1, -0.05) is 18.3 Å². The Morgan fingerprint density at radius 2 is 2.33 bits per heavy atom. The molecule has 0 saturated carbocycles. The van der Waals surface area contributed by atoms with E-state index in [0.717, 1.165) is 17.7 Å². The minimum Gasteiger partial charge on any atom is -0.496 e. The number of nitrogens with one attached hydrogen (secondary N) is 1. The van der Waals surface area contributed by atoms with Gasteiger partial charge in [-0.3, -0.25) is 10.1 Å². The summed E-state index contributed by atoms with van der Waals surface area (Å²) in [4.78, 5) is 14.8. The van der Waals surface area contributed by atoms with Crippen LogP contribution in [0.5, 0.6) is 5.75 Å². The highest BCUT2D eigenvalue weighted by Crippen LogP contribution is 2.35. The van der Waals surface area contributed by atoms with Crippen LogP contribution in [-0.4, -0.2) is 23.6 Å². The van der Waals surface area contributed by atoms with Crippen molar-refractivity contribution in [3.63, 3.8) is 0 Å². The third-order valence-corrected chi connectivity index (χ3v) is 3.37. The van der Waals surface area contributed by atoms with Gasteiger partial charge in [0.2, 0.25) is 0 Å². The maximum atomic E-state index is 11.0. The molecule has 1 heterocycles. The Morgan fingerprint density at radius 3 is 2.94 bits per heavy atom. The SMILES string of the molecule is CCCNc1nc2c([N+](=O)[O-])cc(OC)cc2s1. The van der Waals surface area contributed by atoms with Crippen molar-refractivity contribution >= 4 is 32.4 Å². The zero-order valence-electron chi connectivity index (χ0n) is 10.1. The number of nitrogens with zero attached hydrogens (tertiary/aromatic N) is 2. The second-order valence-corrected chi connectivity index (χ2v) is 4.73. The maximum absolute atomic E-state index is 11.0. The summed E-state index contributed by atoms with van der Waals surface area (Å²) >= 11 is 1.39. The fourth-order valence-corrected chi connectivity index (χ4v) is 2.49. The summed E-state index contributed by atoms with van der Waals surface area (Å²) in [5.41, 5.74) is 0.384. The molecule has 0 bridgehead atoms. The van der Waals surface area contributed by atoms with Gasteiger partial charge < -0.3 is 10.1 Å². The molecule has 2 aromatic rings. The summed E-state index contributed by atoms with van der Waals surface area (Å²) in [6, 6.07) is 3.16. The highest BCUT2D eigenvalue weighted by atomic mass is 32.1. The average molecular weight is 267 g/mol. The molecule has 0 fully saturated rings. The van der Waals surface area contributed by atoms with E-state index in [1.165, 1.54) is 24.5 Å². The molecule has 0 radical (unpaired) electrons. The molecule has 1 aromatic carbocycles. The van der Waals surface area contributed by atoms with E-state index < -0.39 is 4.92 Å². The largest absolute Gasteiger partial charge is 0.496 e. The van der Waals surface area contributed by atoms with E-state index in [0.29, 0.717) is 16.4 Å². The molecule has 0 saturated heterocycles. The van der Waals surface area contributed by atoms with Crippen molar-refractivity contribution in [2.75, 3.05) is 19.0 Å². The van der Waals surface area contributed by atoms with Crippen molar-refractivity contribution in [3.05, 3.63) is 22.2 Å². The van der Waals surface area contributed by atoms with Crippen LogP contribution in [0.25, 0.3) is 10.2 Å². The Kier molecular flexibility index (Phi) is 3.61. The molecule has 1 aromatic heterocycles. The van der Waals surface area contributed by atoms with Gasteiger partial charge in [-0.15, -0.1) is 0 Å². The summed E-state index contributed by atoms with van der Waals surface area (Å²) in [6.07, 6.45) is 0.974. The Morgan fingerprint density at radius 1 is 1.56 bits per heavy atom. The third-order valence-electron chi connectivity index (χ3n) is 2.41. The van der Waals surface area contributed by atoms with Gasteiger partial charge in [0.05, 0.1) is 22.8 Å². The van der Waals surface area contributed by atoms with E-state index >= 15 is 0 Å². The molecule has 0 aliphatic carbocycles. The number of rotatable bonds is 5. The van der Waals surface area contributed by atoms with Crippen LogP contribution in [0.2, 0.25) is 0 Å². The van der Waals surface area contributed by atoms with Crippen molar-refractivity contribution in [2.24, 2.45) is 0 Å². The van der Waals surface area contributed by atoms with E-state index in [-0.39, 0.29) is 5.69 Å². The van der Waals surface area contributed by atoms with Gasteiger partial charge in [0.15, 0.2) is 10.6 Å². The quantitative estimate of drug-likeness (QED) is 0.665. The standard InChI is InChI=1S/C11H13N3O3S/c1-3-4-12-11-13-10-8(14(15)16)5-7(17-2)6-9(10)18-11/h5-6H,3-4H2,1-2H3,(H,12,13). The summed E-state index contributed by atoms with van der Waals surface area (Å²) < 4.78 is 5.81. The molecule has 0 unspecified atom stereocenters. The van der Waals surface area contributed by atoms with Gasteiger partial charge in [-0.05, 0) is 6.42 Å². The lowest BCUT2D eigenvalue weighted by Crippen LogP contribution is -1.98. The van der Waals surface area contributed by atoms with Gasteiger partial charge >= 0.3 is 0 Å². The van der Waals surface area contributed by atoms with Gasteiger partial charge in [0.25, 0.3) is 5.69 Å². The minimum absolute atomic E-state index is 0.0230. The predicted octanol–water partition coefficient (Wildman–Crippen LogP) is 3.04. The van der Waals surface area contributed by atoms with Gasteiger partial charge in [-0.25, -0.2) is 4.98 Å². The fraction of sp³-hybridized carbons (Fsp3) is 0.364. The van der Waals surface area contributed by atoms with Crippen molar-refractivity contribution in [1.82, 2.24) is 4.98 Å². The van der Waals surface area contributed by atoms with Crippen LogP contribution in [0.15, 0.2) is 12.1 Å². The first kappa shape index (κ1) is 12.6. The second kappa shape index (κ2) is 5.18. The predicted molar refractivity (Wildman–Crippen MR) is 71.6 cm³/mol. The van der Waals surface area contributed by atoms with Crippen LogP contribution in [0, 0.1) is 10.1 Å². The summed E-state index contributed by atoms with van der Waals surface area (Å²) in [5.74, 6) is 0.472. The molecule has 0 aliphatic rings. The molecular weight excluding hydrogens is 254 g/mol. The van der Waals surface area contributed by atoms with E-state index in [9.17, 15) is 10.1 Å². The van der Waals surface area contributed by atoms with Crippen LogP contribution in [0.4, 0.5) is 10.8 Å². The molecule has 6 nitrogen and oxygen atoms in total. The zero-order valence-corrected chi connectivity index (χ0v) is 10.9. The molecule has 96 valence electrons. The number of methoxy groups -OCH3 is 1. The number of thiazole rings is 1. The highest BCUT2D eigenvalue weighted by Gasteiger charge is 2.18.